The molecule has 124 valence electrons. The van der Waals surface area contributed by atoms with E-state index in [1.54, 1.807) is 34.6 Å². The van der Waals surface area contributed by atoms with Crippen LogP contribution in [0.5, 0.6) is 0 Å². The van der Waals surface area contributed by atoms with Crippen molar-refractivity contribution in [3.63, 3.8) is 0 Å². The fourth-order valence-corrected chi connectivity index (χ4v) is 5.54. The van der Waals surface area contributed by atoms with E-state index < -0.39 is 21.5 Å². The topological polar surface area (TPSA) is 63.5 Å². The van der Waals surface area contributed by atoms with Crippen LogP contribution in [-0.4, -0.2) is 37.4 Å². The van der Waals surface area contributed by atoms with E-state index in [4.69, 9.17) is 0 Å². The molecule has 3 rings (SSSR count). The highest BCUT2D eigenvalue weighted by atomic mass is 32.2. The Labute approximate surface area is 137 Å². The molecule has 1 heterocycles. The van der Waals surface area contributed by atoms with Gasteiger partial charge in [0.15, 0.2) is 0 Å². The monoisotopic (exact) mass is 335 g/mol. The van der Waals surface area contributed by atoms with Crippen molar-refractivity contribution in [3.05, 3.63) is 42.0 Å². The molecule has 23 heavy (non-hydrogen) atoms. The Hall–Kier alpha value is -1.66. The van der Waals surface area contributed by atoms with Gasteiger partial charge in [0.2, 0.25) is 10.0 Å². The number of carbonyl (C=O) groups excluding carboxylic acids is 1. The Kier molecular flexibility index (Phi) is 4.06. The Balaban J connectivity index is 1.94. The van der Waals surface area contributed by atoms with Gasteiger partial charge < -0.3 is 4.74 Å². The fourth-order valence-electron chi connectivity index (χ4n) is 3.53. The van der Waals surface area contributed by atoms with Crippen LogP contribution >= 0.6 is 0 Å². The lowest BCUT2D eigenvalue weighted by Crippen LogP contribution is -2.23. The zero-order valence-corrected chi connectivity index (χ0v) is 14.2. The second-order valence-electron chi connectivity index (χ2n) is 6.22. The average Bonchev–Trinajstić information content (AvgIpc) is 3.23. The number of aryl methyl sites for hydroxylation is 1. The maximum atomic E-state index is 13.0. The number of carbonyl (C=O) groups is 1. The van der Waals surface area contributed by atoms with Gasteiger partial charge in [-0.2, -0.15) is 4.31 Å². The largest absolute Gasteiger partial charge is 0.466 e. The molecule has 1 aromatic rings. The highest BCUT2D eigenvalue weighted by Gasteiger charge is 2.67. The third-order valence-corrected chi connectivity index (χ3v) is 6.77. The minimum atomic E-state index is -3.55. The number of rotatable bonds is 4. The third-order valence-electron chi connectivity index (χ3n) is 4.79. The number of benzene rings is 1. The van der Waals surface area contributed by atoms with Gasteiger partial charge in [0.05, 0.1) is 17.5 Å². The molecule has 1 aliphatic heterocycles. The first kappa shape index (κ1) is 16.2. The second kappa shape index (κ2) is 5.76. The van der Waals surface area contributed by atoms with E-state index in [-0.39, 0.29) is 6.04 Å². The van der Waals surface area contributed by atoms with Gasteiger partial charge in [0.25, 0.3) is 0 Å². The van der Waals surface area contributed by atoms with E-state index in [0.29, 0.717) is 4.90 Å². The van der Waals surface area contributed by atoms with Crippen molar-refractivity contribution < 1.29 is 17.9 Å². The molecular formula is C17H21NO4S. The fraction of sp³-hybridized carbons (Fsp3) is 0.471. The quantitative estimate of drug-likeness (QED) is 0.481. The first-order chi connectivity index (χ1) is 10.9. The van der Waals surface area contributed by atoms with Crippen molar-refractivity contribution in [3.8, 4) is 0 Å². The van der Waals surface area contributed by atoms with Gasteiger partial charge in [-0.1, -0.05) is 36.6 Å². The van der Waals surface area contributed by atoms with E-state index in [2.05, 4.69) is 4.74 Å². The molecule has 2 fully saturated rings. The van der Waals surface area contributed by atoms with Crippen molar-refractivity contribution in [2.75, 3.05) is 7.11 Å². The van der Waals surface area contributed by atoms with Crippen LogP contribution < -0.4 is 0 Å². The van der Waals surface area contributed by atoms with Gasteiger partial charge in [-0.3, -0.25) is 0 Å². The zero-order chi connectivity index (χ0) is 16.7. The molecule has 0 spiro atoms. The molecule has 1 aliphatic carbocycles. The van der Waals surface area contributed by atoms with Crippen molar-refractivity contribution >= 4 is 16.0 Å². The number of hydrogen-bond donors (Lipinski definition) is 0. The van der Waals surface area contributed by atoms with E-state index >= 15 is 0 Å². The van der Waals surface area contributed by atoms with Gasteiger partial charge in [0, 0.05) is 12.1 Å². The van der Waals surface area contributed by atoms with Crippen LogP contribution in [0.2, 0.25) is 0 Å². The standard InChI is InChI=1S/C17H21NO4S/c1-13-6-8-14(9-7-13)23(20,21)18-15-5-3-4-11-17(15,18)12-10-16(19)22-2/h6-10,12,15H,3-5,11H2,1-2H3/b12-10+. The third kappa shape index (κ3) is 2.70. The summed E-state index contributed by atoms with van der Waals surface area (Å²) < 4.78 is 32.1. The lowest BCUT2D eigenvalue weighted by molar-refractivity contribution is -0.134. The van der Waals surface area contributed by atoms with E-state index in [1.165, 1.54) is 13.2 Å². The predicted molar refractivity (Wildman–Crippen MR) is 86.3 cm³/mol. The Morgan fingerprint density at radius 3 is 2.65 bits per heavy atom. The summed E-state index contributed by atoms with van der Waals surface area (Å²) in [6, 6.07) is 6.84. The Bertz CT molecular complexity index is 738. The molecule has 1 saturated heterocycles. The molecule has 0 amide bonds. The highest BCUT2D eigenvalue weighted by molar-refractivity contribution is 7.89. The summed E-state index contributed by atoms with van der Waals surface area (Å²) >= 11 is 0. The van der Waals surface area contributed by atoms with Crippen molar-refractivity contribution in [2.45, 2.75) is 49.1 Å². The van der Waals surface area contributed by atoms with Crippen LogP contribution in [0.1, 0.15) is 31.2 Å². The summed E-state index contributed by atoms with van der Waals surface area (Å²) in [6.45, 7) is 1.92. The van der Waals surface area contributed by atoms with Crippen molar-refractivity contribution in [1.29, 1.82) is 0 Å². The van der Waals surface area contributed by atoms with Gasteiger partial charge in [-0.15, -0.1) is 0 Å². The van der Waals surface area contributed by atoms with E-state index in [1.807, 2.05) is 6.92 Å². The summed E-state index contributed by atoms with van der Waals surface area (Å²) in [5.41, 5.74) is 0.461. The lowest BCUT2D eigenvalue weighted by Gasteiger charge is -2.16. The normalized spacial score (nSPS) is 30.0. The number of sulfonamides is 1. The first-order valence-corrected chi connectivity index (χ1v) is 9.24. The van der Waals surface area contributed by atoms with Gasteiger partial charge >= 0.3 is 5.97 Å². The van der Waals surface area contributed by atoms with Gasteiger partial charge in [0.1, 0.15) is 0 Å². The first-order valence-electron chi connectivity index (χ1n) is 7.80. The van der Waals surface area contributed by atoms with Gasteiger partial charge in [-0.25, -0.2) is 13.2 Å². The zero-order valence-electron chi connectivity index (χ0n) is 13.4. The van der Waals surface area contributed by atoms with Crippen molar-refractivity contribution in [1.82, 2.24) is 4.31 Å². The van der Waals surface area contributed by atoms with Crippen LogP contribution in [0.3, 0.4) is 0 Å². The molecule has 5 nitrogen and oxygen atoms in total. The molecule has 6 heteroatoms. The number of esters is 1. The molecular weight excluding hydrogens is 314 g/mol. The number of ether oxygens (including phenoxy) is 1. The van der Waals surface area contributed by atoms with E-state index in [9.17, 15) is 13.2 Å². The molecule has 3 unspecified atom stereocenters. The van der Waals surface area contributed by atoms with Crippen LogP contribution in [0.25, 0.3) is 0 Å². The molecule has 2 aliphatic rings. The molecule has 0 N–H and O–H groups in total. The Morgan fingerprint density at radius 2 is 2.00 bits per heavy atom. The van der Waals surface area contributed by atoms with Crippen LogP contribution in [-0.2, 0) is 19.6 Å². The number of methoxy groups -OCH3 is 1. The Morgan fingerprint density at radius 1 is 1.30 bits per heavy atom. The van der Waals surface area contributed by atoms with Crippen LogP contribution in [0, 0.1) is 6.92 Å². The number of hydrogen-bond acceptors (Lipinski definition) is 4. The molecule has 0 bridgehead atoms. The minimum absolute atomic E-state index is 0.0524. The van der Waals surface area contributed by atoms with E-state index in [0.717, 1.165) is 31.2 Å². The number of fused-ring (bicyclic) bond motifs is 1. The van der Waals surface area contributed by atoms with Crippen LogP contribution in [0.15, 0.2) is 41.3 Å². The van der Waals surface area contributed by atoms with Gasteiger partial charge in [-0.05, 0) is 31.9 Å². The van der Waals surface area contributed by atoms with Crippen molar-refractivity contribution in [2.24, 2.45) is 0 Å². The maximum Gasteiger partial charge on any atom is 0.330 e. The maximum absolute atomic E-state index is 13.0. The predicted octanol–water partition coefficient (Wildman–Crippen LogP) is 2.41. The second-order valence-corrected chi connectivity index (χ2v) is 8.04. The minimum Gasteiger partial charge on any atom is -0.466 e. The summed E-state index contributed by atoms with van der Waals surface area (Å²) in [5, 5.41) is 0. The average molecular weight is 335 g/mol. The SMILES string of the molecule is COC(=O)/C=C/C12CCCCC1N2S(=O)(=O)c1ccc(C)cc1. The molecule has 1 aromatic carbocycles. The summed E-state index contributed by atoms with van der Waals surface area (Å²) in [7, 11) is -2.23. The summed E-state index contributed by atoms with van der Waals surface area (Å²) in [4.78, 5) is 11.7. The lowest BCUT2D eigenvalue weighted by atomic mass is 9.89. The molecule has 0 aromatic heterocycles. The molecule has 3 atom stereocenters. The van der Waals surface area contributed by atoms with Crippen LogP contribution in [0.4, 0.5) is 0 Å². The summed E-state index contributed by atoms with van der Waals surface area (Å²) in [6.07, 6.45) is 6.62. The molecule has 0 radical (unpaired) electrons. The number of nitrogens with zero attached hydrogens (tertiary/aromatic N) is 1. The smallest absolute Gasteiger partial charge is 0.330 e. The highest BCUT2D eigenvalue weighted by Crippen LogP contribution is 2.55. The molecule has 1 saturated carbocycles. The summed E-state index contributed by atoms with van der Waals surface area (Å²) in [5.74, 6) is -0.455.